The van der Waals surface area contributed by atoms with E-state index in [0.29, 0.717) is 0 Å². The van der Waals surface area contributed by atoms with Crippen LogP contribution in [0.25, 0.3) is 16.9 Å². The number of hydrogen-bond acceptors (Lipinski definition) is 4. The number of pyridine rings is 1. The van der Waals surface area contributed by atoms with Crippen molar-refractivity contribution in [3.63, 3.8) is 0 Å². The summed E-state index contributed by atoms with van der Waals surface area (Å²) in [5.41, 5.74) is 2.36. The van der Waals surface area contributed by atoms with E-state index >= 15 is 0 Å². The Balaban J connectivity index is 2.00. The molecule has 0 radical (unpaired) electrons. The van der Waals surface area contributed by atoms with Gasteiger partial charge in [-0.3, -0.25) is 4.57 Å². The predicted octanol–water partition coefficient (Wildman–Crippen LogP) is 2.55. The minimum Gasteiger partial charge on any atom is -0.506 e. The molecule has 1 aliphatic rings. The van der Waals surface area contributed by atoms with Crippen molar-refractivity contribution in [3.05, 3.63) is 48.4 Å². The molecule has 21 heavy (non-hydrogen) atoms. The van der Waals surface area contributed by atoms with E-state index in [9.17, 15) is 5.11 Å². The van der Waals surface area contributed by atoms with Gasteiger partial charge in [0.15, 0.2) is 5.65 Å². The van der Waals surface area contributed by atoms with Crippen LogP contribution in [0.1, 0.15) is 24.7 Å². The molecule has 1 atom stereocenters. The molecular formula is C16H16N4O. The van der Waals surface area contributed by atoms with Crippen molar-refractivity contribution in [2.24, 2.45) is 0 Å². The number of para-hydroxylation sites is 2. The molecule has 3 aromatic rings. The number of nitrogens with one attached hydrogen (secondary N) is 1. The molecule has 0 spiro atoms. The molecule has 3 heterocycles. The van der Waals surface area contributed by atoms with Crippen LogP contribution in [0.5, 0.6) is 5.75 Å². The van der Waals surface area contributed by atoms with E-state index in [0.717, 1.165) is 42.1 Å². The second-order valence-corrected chi connectivity index (χ2v) is 5.29. The Hall–Kier alpha value is -2.40. The van der Waals surface area contributed by atoms with Gasteiger partial charge < -0.3 is 10.4 Å². The zero-order valence-electron chi connectivity index (χ0n) is 11.5. The standard InChI is InChI=1S/C16H16N4O/c21-14-8-2-1-7-13(14)20-15-12(6-4-10-18-15)19-16(20)11-5-3-9-17-11/h1-2,4,6-8,10-11,17,21H,3,5,9H2. The van der Waals surface area contributed by atoms with Crippen molar-refractivity contribution < 1.29 is 5.11 Å². The summed E-state index contributed by atoms with van der Waals surface area (Å²) in [4.78, 5) is 9.19. The maximum Gasteiger partial charge on any atom is 0.164 e. The average molecular weight is 280 g/mol. The first-order valence-corrected chi connectivity index (χ1v) is 7.20. The number of phenolic OH excluding ortho intramolecular Hbond substituents is 1. The summed E-state index contributed by atoms with van der Waals surface area (Å²) < 4.78 is 1.97. The molecule has 1 fully saturated rings. The molecule has 0 saturated carbocycles. The molecule has 1 unspecified atom stereocenters. The lowest BCUT2D eigenvalue weighted by atomic mass is 10.2. The van der Waals surface area contributed by atoms with Gasteiger partial charge in [-0.1, -0.05) is 12.1 Å². The molecule has 0 bridgehead atoms. The number of phenols is 1. The first kappa shape index (κ1) is 12.3. The topological polar surface area (TPSA) is 63.0 Å². The Morgan fingerprint density at radius 2 is 2.10 bits per heavy atom. The van der Waals surface area contributed by atoms with Gasteiger partial charge in [-0.05, 0) is 43.7 Å². The van der Waals surface area contributed by atoms with Crippen LogP contribution in [0.2, 0.25) is 0 Å². The summed E-state index contributed by atoms with van der Waals surface area (Å²) in [5.74, 6) is 1.16. The summed E-state index contributed by atoms with van der Waals surface area (Å²) in [6.45, 7) is 1.00. The van der Waals surface area contributed by atoms with Gasteiger partial charge in [0.25, 0.3) is 0 Å². The van der Waals surface area contributed by atoms with E-state index in [4.69, 9.17) is 4.98 Å². The van der Waals surface area contributed by atoms with Crippen molar-refractivity contribution in [1.82, 2.24) is 19.9 Å². The van der Waals surface area contributed by atoms with Gasteiger partial charge in [0.2, 0.25) is 0 Å². The number of fused-ring (bicyclic) bond motifs is 1. The lowest BCUT2D eigenvalue weighted by Gasteiger charge is -2.14. The van der Waals surface area contributed by atoms with Gasteiger partial charge in [-0.2, -0.15) is 0 Å². The smallest absolute Gasteiger partial charge is 0.164 e. The van der Waals surface area contributed by atoms with E-state index in [-0.39, 0.29) is 11.8 Å². The Bertz CT molecular complexity index is 790. The number of hydrogen-bond donors (Lipinski definition) is 2. The molecule has 0 aliphatic carbocycles. The highest BCUT2D eigenvalue weighted by Crippen LogP contribution is 2.31. The second-order valence-electron chi connectivity index (χ2n) is 5.29. The lowest BCUT2D eigenvalue weighted by Crippen LogP contribution is -2.17. The number of aromatic nitrogens is 3. The van der Waals surface area contributed by atoms with Crippen molar-refractivity contribution >= 4 is 11.2 Å². The van der Waals surface area contributed by atoms with Crippen molar-refractivity contribution in [2.75, 3.05) is 6.54 Å². The Morgan fingerprint density at radius 1 is 1.19 bits per heavy atom. The third-order valence-corrected chi connectivity index (χ3v) is 3.94. The summed E-state index contributed by atoms with van der Waals surface area (Å²) in [5, 5.41) is 13.7. The van der Waals surface area contributed by atoms with E-state index in [2.05, 4.69) is 10.3 Å². The van der Waals surface area contributed by atoms with Crippen LogP contribution in [0.4, 0.5) is 0 Å². The van der Waals surface area contributed by atoms with Gasteiger partial charge in [0.1, 0.15) is 17.1 Å². The van der Waals surface area contributed by atoms with Crippen molar-refractivity contribution in [3.8, 4) is 11.4 Å². The Labute approximate surface area is 122 Å². The van der Waals surface area contributed by atoms with E-state index < -0.39 is 0 Å². The number of imidazole rings is 1. The van der Waals surface area contributed by atoms with E-state index in [1.165, 1.54) is 0 Å². The Morgan fingerprint density at radius 3 is 2.90 bits per heavy atom. The molecule has 5 heteroatoms. The maximum atomic E-state index is 10.2. The highest BCUT2D eigenvalue weighted by atomic mass is 16.3. The molecule has 5 nitrogen and oxygen atoms in total. The first-order valence-electron chi connectivity index (χ1n) is 7.20. The summed E-state index contributed by atoms with van der Waals surface area (Å²) in [7, 11) is 0. The van der Waals surface area contributed by atoms with E-state index in [1.807, 2.05) is 34.9 Å². The van der Waals surface area contributed by atoms with Crippen LogP contribution in [0.15, 0.2) is 42.6 Å². The first-order chi connectivity index (χ1) is 10.3. The van der Waals surface area contributed by atoms with Gasteiger partial charge in [-0.15, -0.1) is 0 Å². The second kappa shape index (κ2) is 4.86. The third-order valence-electron chi connectivity index (χ3n) is 3.94. The zero-order chi connectivity index (χ0) is 14.2. The SMILES string of the molecule is Oc1ccccc1-n1c(C2CCCN2)nc2cccnc21. The van der Waals surface area contributed by atoms with Gasteiger partial charge >= 0.3 is 0 Å². The Kier molecular flexibility index (Phi) is 2.86. The van der Waals surface area contributed by atoms with E-state index in [1.54, 1.807) is 12.3 Å². The number of nitrogens with zero attached hydrogens (tertiary/aromatic N) is 3. The molecule has 1 aliphatic heterocycles. The minimum atomic E-state index is 0.207. The summed E-state index contributed by atoms with van der Waals surface area (Å²) in [6, 6.07) is 11.4. The number of rotatable bonds is 2. The lowest BCUT2D eigenvalue weighted by molar-refractivity contribution is 0.470. The van der Waals surface area contributed by atoms with Crippen molar-refractivity contribution in [1.29, 1.82) is 0 Å². The highest BCUT2D eigenvalue weighted by Gasteiger charge is 2.25. The van der Waals surface area contributed by atoms with Crippen LogP contribution in [-0.4, -0.2) is 26.2 Å². The fourth-order valence-corrected chi connectivity index (χ4v) is 2.96. The summed E-state index contributed by atoms with van der Waals surface area (Å²) in [6.07, 6.45) is 3.95. The van der Waals surface area contributed by atoms with Crippen LogP contribution in [-0.2, 0) is 0 Å². The molecular weight excluding hydrogens is 264 g/mol. The normalized spacial score (nSPS) is 18.4. The van der Waals surface area contributed by atoms with Crippen LogP contribution in [0.3, 0.4) is 0 Å². The van der Waals surface area contributed by atoms with Crippen molar-refractivity contribution in [2.45, 2.75) is 18.9 Å². The van der Waals surface area contributed by atoms with Gasteiger partial charge in [0, 0.05) is 6.20 Å². The average Bonchev–Trinajstić information content (AvgIpc) is 3.15. The number of aromatic hydroxyl groups is 1. The molecule has 4 rings (SSSR count). The molecule has 2 N–H and O–H groups in total. The number of benzene rings is 1. The monoisotopic (exact) mass is 280 g/mol. The third kappa shape index (κ3) is 1.97. The van der Waals surface area contributed by atoms with Crippen LogP contribution >= 0.6 is 0 Å². The van der Waals surface area contributed by atoms with Gasteiger partial charge in [-0.25, -0.2) is 9.97 Å². The molecule has 2 aromatic heterocycles. The molecule has 106 valence electrons. The largest absolute Gasteiger partial charge is 0.506 e. The summed E-state index contributed by atoms with van der Waals surface area (Å²) >= 11 is 0. The maximum absolute atomic E-state index is 10.2. The predicted molar refractivity (Wildman–Crippen MR) is 80.5 cm³/mol. The zero-order valence-corrected chi connectivity index (χ0v) is 11.5. The molecule has 1 saturated heterocycles. The van der Waals surface area contributed by atoms with Gasteiger partial charge in [0.05, 0.1) is 11.7 Å². The van der Waals surface area contributed by atoms with Crippen LogP contribution in [0, 0.1) is 0 Å². The quantitative estimate of drug-likeness (QED) is 0.757. The fraction of sp³-hybridized carbons (Fsp3) is 0.250. The van der Waals surface area contributed by atoms with Crippen LogP contribution < -0.4 is 5.32 Å². The molecule has 0 amide bonds. The minimum absolute atomic E-state index is 0.207. The molecule has 1 aromatic carbocycles. The fourth-order valence-electron chi connectivity index (χ4n) is 2.96. The highest BCUT2D eigenvalue weighted by molar-refractivity contribution is 5.75.